The Kier molecular flexibility index (Phi) is 5.81. The average Bonchev–Trinajstić information content (AvgIpc) is 2.29. The Balaban J connectivity index is 2.67. The standard InChI is InChI=1S/C13H21ClN2/c1-3-4-5-6-13(16-15)11-8-7-10(2)12(14)9-11/h7-9,13,16H,3-6,15H2,1-2H3. The van der Waals surface area contributed by atoms with E-state index in [-0.39, 0.29) is 6.04 Å². The molecular formula is C13H21ClN2. The predicted molar refractivity (Wildman–Crippen MR) is 70.4 cm³/mol. The summed E-state index contributed by atoms with van der Waals surface area (Å²) in [6.45, 7) is 4.21. The first-order valence-corrected chi connectivity index (χ1v) is 6.29. The lowest BCUT2D eigenvalue weighted by atomic mass is 10.00. The Morgan fingerprint density at radius 1 is 1.38 bits per heavy atom. The molecule has 1 unspecified atom stereocenters. The van der Waals surface area contributed by atoms with Crippen molar-refractivity contribution >= 4 is 11.6 Å². The van der Waals surface area contributed by atoms with Crippen molar-refractivity contribution in [3.8, 4) is 0 Å². The highest BCUT2D eigenvalue weighted by atomic mass is 35.5. The van der Waals surface area contributed by atoms with Gasteiger partial charge in [-0.1, -0.05) is 49.9 Å². The van der Waals surface area contributed by atoms with Gasteiger partial charge in [-0.05, 0) is 30.5 Å². The molecule has 3 heteroatoms. The second kappa shape index (κ2) is 6.89. The molecular weight excluding hydrogens is 220 g/mol. The number of nitrogens with two attached hydrogens (primary N) is 1. The number of aryl methyl sites for hydroxylation is 1. The fraction of sp³-hybridized carbons (Fsp3) is 0.538. The van der Waals surface area contributed by atoms with Crippen LogP contribution in [0.1, 0.15) is 49.8 Å². The summed E-state index contributed by atoms with van der Waals surface area (Å²) in [5.74, 6) is 5.58. The number of halogens is 1. The van der Waals surface area contributed by atoms with Crippen LogP contribution in [-0.4, -0.2) is 0 Å². The van der Waals surface area contributed by atoms with Crippen molar-refractivity contribution in [2.75, 3.05) is 0 Å². The molecule has 0 saturated carbocycles. The highest BCUT2D eigenvalue weighted by molar-refractivity contribution is 6.31. The van der Waals surface area contributed by atoms with E-state index >= 15 is 0 Å². The van der Waals surface area contributed by atoms with E-state index in [2.05, 4.69) is 18.4 Å². The maximum atomic E-state index is 6.11. The summed E-state index contributed by atoms with van der Waals surface area (Å²) >= 11 is 6.11. The number of benzene rings is 1. The van der Waals surface area contributed by atoms with Gasteiger partial charge >= 0.3 is 0 Å². The maximum Gasteiger partial charge on any atom is 0.0460 e. The normalized spacial score (nSPS) is 12.8. The van der Waals surface area contributed by atoms with Crippen LogP contribution < -0.4 is 11.3 Å². The van der Waals surface area contributed by atoms with E-state index in [1.54, 1.807) is 0 Å². The molecule has 0 aliphatic carbocycles. The van der Waals surface area contributed by atoms with Gasteiger partial charge in [-0.25, -0.2) is 0 Å². The van der Waals surface area contributed by atoms with Gasteiger partial charge in [-0.15, -0.1) is 0 Å². The van der Waals surface area contributed by atoms with Crippen molar-refractivity contribution in [2.45, 2.75) is 45.6 Å². The molecule has 16 heavy (non-hydrogen) atoms. The number of rotatable bonds is 6. The van der Waals surface area contributed by atoms with Crippen LogP contribution in [0.5, 0.6) is 0 Å². The molecule has 1 aromatic carbocycles. The van der Waals surface area contributed by atoms with Crippen LogP contribution in [0.2, 0.25) is 5.02 Å². The molecule has 2 nitrogen and oxygen atoms in total. The largest absolute Gasteiger partial charge is 0.271 e. The van der Waals surface area contributed by atoms with Crippen molar-refractivity contribution < 1.29 is 0 Å². The Bertz CT molecular complexity index is 326. The van der Waals surface area contributed by atoms with Gasteiger partial charge < -0.3 is 0 Å². The molecule has 0 bridgehead atoms. The lowest BCUT2D eigenvalue weighted by molar-refractivity contribution is 0.487. The maximum absolute atomic E-state index is 6.11. The summed E-state index contributed by atoms with van der Waals surface area (Å²) in [4.78, 5) is 0. The molecule has 0 amide bonds. The Hall–Kier alpha value is -0.570. The summed E-state index contributed by atoms with van der Waals surface area (Å²) in [6, 6.07) is 6.36. The first kappa shape index (κ1) is 13.5. The molecule has 0 fully saturated rings. The van der Waals surface area contributed by atoms with Crippen molar-refractivity contribution in [1.82, 2.24) is 5.43 Å². The first-order chi connectivity index (χ1) is 7.69. The van der Waals surface area contributed by atoms with E-state index in [1.807, 2.05) is 19.1 Å². The molecule has 0 heterocycles. The quantitative estimate of drug-likeness (QED) is 0.452. The molecule has 3 N–H and O–H groups in total. The minimum atomic E-state index is 0.213. The summed E-state index contributed by atoms with van der Waals surface area (Å²) in [5, 5.41) is 0.813. The monoisotopic (exact) mass is 240 g/mol. The number of nitrogens with one attached hydrogen (secondary N) is 1. The van der Waals surface area contributed by atoms with E-state index < -0.39 is 0 Å². The Morgan fingerprint density at radius 3 is 2.69 bits per heavy atom. The second-order valence-electron chi connectivity index (χ2n) is 4.22. The van der Waals surface area contributed by atoms with Crippen molar-refractivity contribution in [2.24, 2.45) is 5.84 Å². The lowest BCUT2D eigenvalue weighted by Gasteiger charge is -2.16. The number of hydrazine groups is 1. The molecule has 0 aliphatic rings. The fourth-order valence-corrected chi connectivity index (χ4v) is 1.96. The van der Waals surface area contributed by atoms with E-state index in [0.29, 0.717) is 0 Å². The molecule has 0 spiro atoms. The van der Waals surface area contributed by atoms with Crippen molar-refractivity contribution in [3.05, 3.63) is 34.3 Å². The number of hydrogen-bond acceptors (Lipinski definition) is 2. The van der Waals surface area contributed by atoms with Crippen LogP contribution in [0, 0.1) is 6.92 Å². The molecule has 0 aliphatic heterocycles. The van der Waals surface area contributed by atoms with Crippen LogP contribution in [0.25, 0.3) is 0 Å². The predicted octanol–water partition coefficient (Wildman–Crippen LogP) is 3.73. The van der Waals surface area contributed by atoms with Crippen LogP contribution in [0.3, 0.4) is 0 Å². The summed E-state index contributed by atoms with van der Waals surface area (Å²) in [5.41, 5.74) is 5.15. The zero-order valence-corrected chi connectivity index (χ0v) is 10.8. The van der Waals surface area contributed by atoms with Crippen LogP contribution in [0.15, 0.2) is 18.2 Å². The van der Waals surface area contributed by atoms with Gasteiger partial charge in [0.15, 0.2) is 0 Å². The third-order valence-corrected chi connectivity index (χ3v) is 3.30. The summed E-state index contributed by atoms with van der Waals surface area (Å²) in [6.07, 6.45) is 4.73. The number of hydrogen-bond donors (Lipinski definition) is 2. The highest BCUT2D eigenvalue weighted by Crippen LogP contribution is 2.24. The molecule has 0 radical (unpaired) electrons. The third kappa shape index (κ3) is 3.78. The van der Waals surface area contributed by atoms with Crippen molar-refractivity contribution in [3.63, 3.8) is 0 Å². The highest BCUT2D eigenvalue weighted by Gasteiger charge is 2.10. The molecule has 0 saturated heterocycles. The van der Waals surface area contributed by atoms with E-state index in [1.165, 1.54) is 24.8 Å². The number of unbranched alkanes of at least 4 members (excludes halogenated alkanes) is 2. The minimum absolute atomic E-state index is 0.213. The van der Waals surface area contributed by atoms with Gasteiger partial charge in [-0.3, -0.25) is 11.3 Å². The van der Waals surface area contributed by atoms with E-state index in [0.717, 1.165) is 17.0 Å². The van der Waals surface area contributed by atoms with Gasteiger partial charge in [-0.2, -0.15) is 0 Å². The second-order valence-corrected chi connectivity index (χ2v) is 4.63. The summed E-state index contributed by atoms with van der Waals surface area (Å²) < 4.78 is 0. The molecule has 1 aromatic rings. The zero-order valence-electron chi connectivity index (χ0n) is 10.1. The average molecular weight is 241 g/mol. The molecule has 90 valence electrons. The van der Waals surface area contributed by atoms with Crippen molar-refractivity contribution in [1.29, 1.82) is 0 Å². The van der Waals surface area contributed by atoms with Gasteiger partial charge in [0.1, 0.15) is 0 Å². The first-order valence-electron chi connectivity index (χ1n) is 5.91. The van der Waals surface area contributed by atoms with Crippen LogP contribution in [-0.2, 0) is 0 Å². The topological polar surface area (TPSA) is 38.0 Å². The fourth-order valence-electron chi connectivity index (χ4n) is 1.77. The van der Waals surface area contributed by atoms with Gasteiger partial charge in [0, 0.05) is 11.1 Å². The Morgan fingerprint density at radius 2 is 2.12 bits per heavy atom. The van der Waals surface area contributed by atoms with Gasteiger partial charge in [0.2, 0.25) is 0 Å². The SMILES string of the molecule is CCCCCC(NN)c1ccc(C)c(Cl)c1. The Labute approximate surface area is 103 Å². The van der Waals surface area contributed by atoms with E-state index in [4.69, 9.17) is 17.4 Å². The van der Waals surface area contributed by atoms with Gasteiger partial charge in [0.05, 0.1) is 0 Å². The molecule has 1 rings (SSSR count). The summed E-state index contributed by atoms with van der Waals surface area (Å²) in [7, 11) is 0. The van der Waals surface area contributed by atoms with E-state index in [9.17, 15) is 0 Å². The zero-order chi connectivity index (χ0) is 12.0. The minimum Gasteiger partial charge on any atom is -0.271 e. The third-order valence-electron chi connectivity index (χ3n) is 2.90. The van der Waals surface area contributed by atoms with Crippen LogP contribution in [0.4, 0.5) is 0 Å². The van der Waals surface area contributed by atoms with Gasteiger partial charge in [0.25, 0.3) is 0 Å². The molecule has 1 atom stereocenters. The lowest BCUT2D eigenvalue weighted by Crippen LogP contribution is -2.28. The van der Waals surface area contributed by atoms with Crippen LogP contribution >= 0.6 is 11.6 Å². The molecule has 0 aromatic heterocycles. The smallest absolute Gasteiger partial charge is 0.0460 e.